The molecule has 0 radical (unpaired) electrons. The topological polar surface area (TPSA) is 61.5 Å². The number of fused-ring (bicyclic) bond motifs is 3. The van der Waals surface area contributed by atoms with E-state index in [1.54, 1.807) is 6.07 Å². The predicted molar refractivity (Wildman–Crippen MR) is 58.8 cm³/mol. The first-order chi connectivity index (χ1) is 7.27. The van der Waals surface area contributed by atoms with Crippen LogP contribution in [0.3, 0.4) is 0 Å². The van der Waals surface area contributed by atoms with Crippen molar-refractivity contribution >= 4 is 5.69 Å². The smallest absolute Gasteiger partial charge is 0.116 e. The maximum absolute atomic E-state index is 9.49. The molecule has 2 atom stereocenters. The monoisotopic (exact) mass is 205 g/mol. The zero-order valence-corrected chi connectivity index (χ0v) is 8.48. The molecule has 0 saturated carbocycles. The van der Waals surface area contributed by atoms with E-state index in [1.165, 1.54) is 5.56 Å². The van der Waals surface area contributed by atoms with Gasteiger partial charge in [0.1, 0.15) is 5.75 Å². The maximum atomic E-state index is 9.49. The number of rotatable bonds is 0. The number of aromatic hydroxyl groups is 1. The van der Waals surface area contributed by atoms with E-state index in [0.29, 0.717) is 17.7 Å². The molecule has 2 aliphatic heterocycles. The summed E-state index contributed by atoms with van der Waals surface area (Å²) in [5.41, 5.74) is 2.24. The maximum Gasteiger partial charge on any atom is 0.116 e. The van der Waals surface area contributed by atoms with Crippen LogP contribution in [0.5, 0.6) is 5.75 Å². The van der Waals surface area contributed by atoms with Crippen molar-refractivity contribution in [2.24, 2.45) is 5.84 Å². The van der Waals surface area contributed by atoms with Crippen LogP contribution >= 0.6 is 0 Å². The molecule has 0 aliphatic carbocycles. The summed E-state index contributed by atoms with van der Waals surface area (Å²) in [7, 11) is 0. The molecular formula is C11H15N3O. The Morgan fingerprint density at radius 3 is 3.20 bits per heavy atom. The van der Waals surface area contributed by atoms with E-state index in [1.807, 2.05) is 17.1 Å². The van der Waals surface area contributed by atoms with Gasteiger partial charge in [0.05, 0.1) is 11.7 Å². The molecule has 2 aliphatic rings. The fourth-order valence-electron chi connectivity index (χ4n) is 2.75. The highest BCUT2D eigenvalue weighted by Gasteiger charge is 2.38. The number of nitrogens with two attached hydrogens (primary N) is 1. The molecule has 4 nitrogen and oxygen atoms in total. The molecule has 1 aromatic carbocycles. The second-order valence-electron chi connectivity index (χ2n) is 4.32. The standard InChI is InChI=1S/C11H15N3O/c12-14-10-2-1-7(15)5-8(10)9-6-13-4-3-11(9)14/h1-2,5,9,11,13,15H,3-4,6,12H2. The molecule has 0 bridgehead atoms. The van der Waals surface area contributed by atoms with Gasteiger partial charge in [0.2, 0.25) is 0 Å². The number of hydrogen-bond acceptors (Lipinski definition) is 4. The molecule has 0 spiro atoms. The molecule has 15 heavy (non-hydrogen) atoms. The van der Waals surface area contributed by atoms with Crippen molar-refractivity contribution in [1.29, 1.82) is 0 Å². The van der Waals surface area contributed by atoms with Gasteiger partial charge in [0.25, 0.3) is 0 Å². The minimum absolute atomic E-state index is 0.327. The van der Waals surface area contributed by atoms with Crippen LogP contribution in [0.4, 0.5) is 5.69 Å². The third-order valence-corrected chi connectivity index (χ3v) is 3.49. The molecule has 1 saturated heterocycles. The third kappa shape index (κ3) is 1.22. The Balaban J connectivity index is 2.07. The average Bonchev–Trinajstić information content (AvgIpc) is 2.54. The summed E-state index contributed by atoms with van der Waals surface area (Å²) in [6.45, 7) is 1.98. The van der Waals surface area contributed by atoms with Crippen LogP contribution in [-0.4, -0.2) is 24.2 Å². The Morgan fingerprint density at radius 2 is 2.33 bits per heavy atom. The number of hydrogen-bond donors (Lipinski definition) is 3. The number of piperidine rings is 1. The van der Waals surface area contributed by atoms with Crippen LogP contribution in [0.25, 0.3) is 0 Å². The lowest BCUT2D eigenvalue weighted by molar-refractivity contribution is 0.404. The lowest BCUT2D eigenvalue weighted by Crippen LogP contribution is -2.47. The summed E-state index contributed by atoms with van der Waals surface area (Å²) in [5, 5.41) is 14.7. The van der Waals surface area contributed by atoms with Gasteiger partial charge >= 0.3 is 0 Å². The summed E-state index contributed by atoms with van der Waals surface area (Å²) in [4.78, 5) is 0. The zero-order chi connectivity index (χ0) is 10.4. The van der Waals surface area contributed by atoms with Crippen LogP contribution in [0.15, 0.2) is 18.2 Å². The minimum Gasteiger partial charge on any atom is -0.508 e. The number of benzene rings is 1. The Kier molecular flexibility index (Phi) is 1.87. The average molecular weight is 205 g/mol. The van der Waals surface area contributed by atoms with E-state index in [4.69, 9.17) is 5.84 Å². The molecule has 2 heterocycles. The number of nitrogens with zero attached hydrogens (tertiary/aromatic N) is 1. The SMILES string of the molecule is NN1c2ccc(O)cc2C2CNCCC21. The van der Waals surface area contributed by atoms with Gasteiger partial charge in [-0.1, -0.05) is 0 Å². The van der Waals surface area contributed by atoms with Crippen molar-refractivity contribution in [3.05, 3.63) is 23.8 Å². The quantitative estimate of drug-likeness (QED) is 0.541. The molecule has 4 heteroatoms. The number of phenolic OH excluding ortho intramolecular Hbond substituents is 1. The second kappa shape index (κ2) is 3.12. The molecule has 0 amide bonds. The van der Waals surface area contributed by atoms with E-state index < -0.39 is 0 Å². The molecule has 3 rings (SSSR count). The Labute approximate surface area is 88.7 Å². The number of nitrogens with one attached hydrogen (secondary N) is 1. The van der Waals surface area contributed by atoms with Gasteiger partial charge in [-0.25, -0.2) is 5.84 Å². The van der Waals surface area contributed by atoms with Crippen molar-refractivity contribution in [2.75, 3.05) is 18.1 Å². The number of phenols is 1. The van der Waals surface area contributed by atoms with Gasteiger partial charge < -0.3 is 15.4 Å². The van der Waals surface area contributed by atoms with Gasteiger partial charge in [0.15, 0.2) is 0 Å². The molecule has 4 N–H and O–H groups in total. The Hall–Kier alpha value is -1.26. The number of hydrazine groups is 1. The Bertz CT molecular complexity index is 393. The fourth-order valence-corrected chi connectivity index (χ4v) is 2.75. The molecule has 1 fully saturated rings. The van der Waals surface area contributed by atoms with Crippen molar-refractivity contribution < 1.29 is 5.11 Å². The van der Waals surface area contributed by atoms with E-state index in [-0.39, 0.29) is 0 Å². The Morgan fingerprint density at radius 1 is 1.47 bits per heavy atom. The second-order valence-corrected chi connectivity index (χ2v) is 4.32. The third-order valence-electron chi connectivity index (χ3n) is 3.49. The van der Waals surface area contributed by atoms with Crippen LogP contribution in [0.2, 0.25) is 0 Å². The first kappa shape index (κ1) is 9.00. The predicted octanol–water partition coefficient (Wildman–Crippen LogP) is 0.531. The first-order valence-corrected chi connectivity index (χ1v) is 5.35. The molecule has 2 unspecified atom stereocenters. The highest BCUT2D eigenvalue weighted by atomic mass is 16.3. The normalized spacial score (nSPS) is 28.7. The van der Waals surface area contributed by atoms with Crippen molar-refractivity contribution in [1.82, 2.24) is 5.32 Å². The molecule has 80 valence electrons. The largest absolute Gasteiger partial charge is 0.508 e. The lowest BCUT2D eigenvalue weighted by Gasteiger charge is -2.30. The van der Waals surface area contributed by atoms with Crippen LogP contribution in [-0.2, 0) is 0 Å². The molecule has 0 aromatic heterocycles. The van der Waals surface area contributed by atoms with E-state index in [9.17, 15) is 5.11 Å². The highest BCUT2D eigenvalue weighted by molar-refractivity contribution is 5.63. The van der Waals surface area contributed by atoms with Crippen molar-refractivity contribution in [3.63, 3.8) is 0 Å². The van der Waals surface area contributed by atoms with Crippen LogP contribution in [0, 0.1) is 0 Å². The summed E-state index contributed by atoms with van der Waals surface area (Å²) in [6.07, 6.45) is 1.07. The highest BCUT2D eigenvalue weighted by Crippen LogP contribution is 2.42. The summed E-state index contributed by atoms with van der Waals surface area (Å²) < 4.78 is 0. The zero-order valence-electron chi connectivity index (χ0n) is 8.48. The van der Waals surface area contributed by atoms with E-state index >= 15 is 0 Å². The van der Waals surface area contributed by atoms with Crippen LogP contribution < -0.4 is 16.2 Å². The number of anilines is 1. The fraction of sp³-hybridized carbons (Fsp3) is 0.455. The van der Waals surface area contributed by atoms with Gasteiger partial charge in [-0.3, -0.25) is 0 Å². The van der Waals surface area contributed by atoms with Gasteiger partial charge in [-0.2, -0.15) is 0 Å². The molecular weight excluding hydrogens is 190 g/mol. The summed E-state index contributed by atoms with van der Waals surface area (Å²) in [5.74, 6) is 6.82. The molecule has 1 aromatic rings. The minimum atomic E-state index is 0.327. The van der Waals surface area contributed by atoms with Crippen molar-refractivity contribution in [2.45, 2.75) is 18.4 Å². The summed E-state index contributed by atoms with van der Waals surface area (Å²) in [6, 6.07) is 5.84. The summed E-state index contributed by atoms with van der Waals surface area (Å²) >= 11 is 0. The van der Waals surface area contributed by atoms with Gasteiger partial charge in [0, 0.05) is 12.5 Å². The van der Waals surface area contributed by atoms with Crippen molar-refractivity contribution in [3.8, 4) is 5.75 Å². The first-order valence-electron chi connectivity index (χ1n) is 5.35. The van der Waals surface area contributed by atoms with E-state index in [2.05, 4.69) is 5.32 Å². The van der Waals surface area contributed by atoms with Gasteiger partial charge in [-0.15, -0.1) is 0 Å². The van der Waals surface area contributed by atoms with E-state index in [0.717, 1.165) is 25.2 Å². The lowest BCUT2D eigenvalue weighted by atomic mass is 9.90. The van der Waals surface area contributed by atoms with Gasteiger partial charge in [-0.05, 0) is 36.7 Å². The van der Waals surface area contributed by atoms with Crippen LogP contribution in [0.1, 0.15) is 17.9 Å².